The van der Waals surface area contributed by atoms with Crippen molar-refractivity contribution in [2.75, 3.05) is 74.5 Å². The van der Waals surface area contributed by atoms with Gasteiger partial charge in [0.1, 0.15) is 54.3 Å². The van der Waals surface area contributed by atoms with Gasteiger partial charge in [-0.15, -0.1) is 0 Å². The van der Waals surface area contributed by atoms with E-state index in [1.54, 1.807) is 135 Å². The molecule has 0 heterocycles. The highest BCUT2D eigenvalue weighted by molar-refractivity contribution is 7.62. The minimum absolute atomic E-state index is 0. The van der Waals surface area contributed by atoms with Crippen molar-refractivity contribution in [1.82, 2.24) is 0 Å². The number of carbonyl (C=O) groups is 3. The van der Waals surface area contributed by atoms with Crippen LogP contribution in [0.3, 0.4) is 0 Å². The van der Waals surface area contributed by atoms with Crippen molar-refractivity contribution in [3.05, 3.63) is 463 Å². The summed E-state index contributed by atoms with van der Waals surface area (Å²) >= 11 is 0. The zero-order valence-corrected chi connectivity index (χ0v) is 81.8. The molecule has 0 spiro atoms. The molecule has 1 unspecified atom stereocenters. The summed E-state index contributed by atoms with van der Waals surface area (Å²) < 4.78 is 48.0. The number of aliphatic hydroxyl groups is 1. The van der Waals surface area contributed by atoms with Crippen molar-refractivity contribution < 1.29 is 76.9 Å². The number of nitriles is 4. The molecule has 1 N–H and O–H groups in total. The summed E-state index contributed by atoms with van der Waals surface area (Å²) in [5.74, 6) is 3.78. The Kier molecular flexibility index (Phi) is 60.6. The Morgan fingerprint density at radius 3 is 0.854 bits per heavy atom. The van der Waals surface area contributed by atoms with Crippen LogP contribution in [0.25, 0.3) is 52.2 Å². The van der Waals surface area contributed by atoms with Gasteiger partial charge in [-0.25, -0.2) is 0 Å². The average molecular weight is 1980 g/mol. The van der Waals surface area contributed by atoms with E-state index < -0.39 is 39.6 Å². The molecule has 0 aromatic heterocycles. The van der Waals surface area contributed by atoms with Gasteiger partial charge in [0.2, 0.25) is 0 Å². The first-order valence-corrected chi connectivity index (χ1v) is 47.3. The van der Waals surface area contributed by atoms with Crippen LogP contribution < -0.4 is 23.7 Å². The van der Waals surface area contributed by atoms with Crippen molar-refractivity contribution in [1.29, 1.82) is 21.0 Å². The minimum atomic E-state index is -1.97. The number of aldehydes is 3. The van der Waals surface area contributed by atoms with Crippen molar-refractivity contribution in [2.24, 2.45) is 0 Å². The third kappa shape index (κ3) is 50.2. The topological polar surface area (TPSA) is 463 Å². The zero-order valence-electron chi connectivity index (χ0n) is 80.0. The number of hydrogen-bond donors (Lipinski definition) is 1. The molecule has 0 bridgehead atoms. The van der Waals surface area contributed by atoms with Crippen molar-refractivity contribution in [3.63, 3.8) is 0 Å². The molecule has 32 heteroatoms. The lowest BCUT2D eigenvalue weighted by Gasteiger charge is -2.05. The Morgan fingerprint density at radius 1 is 0.361 bits per heavy atom. The monoisotopic (exact) mass is 1980 g/mol. The lowest BCUT2D eigenvalue weighted by molar-refractivity contribution is -0.385. The summed E-state index contributed by atoms with van der Waals surface area (Å²) in [4.78, 5) is 82.2. The molecule has 0 aliphatic heterocycles. The standard InChI is InChI=1S/C23H20N2O3.C23H21NO4.C18H14N2O3.C18H15NO4.C12H13NO2P.C7H5NO3.C7H12NOP.C2H6O.2CH4/c1-18(16-17-24)4-3-5-20(21-10-14-23(28-2)15-11-21)9-6-19-7-12-22(13-8-19)25(26)27;1-18(16-17-25)4-3-5-20(21-10-14-23(28-2)15-11-21)9-6-19-7-12-22(13-8-19)24(26)27;1-23-18-10-6-15(7-11-18)16(12-13-19)5-2-14-3-8-17(9-4-14)20(21)22;1-23-18-10-6-15(7-11-18)16(12-13-20)5-2-14-3-8-17(9-4-14)19(21)22;1-15-12-5-3-10(4-6-12)11(7-8-13)9-16(2)14;9-5-6-1-3-7(4-2-6)8(10)11;1-7(4-5-8)6-10(2,3)9;1-2-3;;/h3-16H,1-2H3;3-17H,1-2H3;2-12H,1H3;2-13H,1H3;3-7H,9H2,1-2H3;1-5H;4H,6H2,1-3H3;3H,2H2,1H3;2*1H4/q;;;;+1;;;;;/b2*4-3+,9-6+,18-16+,20-5-;2*5-2+,16-12-;11-7-;;7-4+;;;. The van der Waals surface area contributed by atoms with Crippen LogP contribution in [0.1, 0.15) is 103 Å². The molecule has 0 amide bonds. The normalized spacial score (nSPS) is 11.5. The number of methoxy groups -OCH3 is 5. The van der Waals surface area contributed by atoms with Gasteiger partial charge in [0.15, 0.2) is 6.16 Å². The van der Waals surface area contributed by atoms with E-state index in [0.717, 1.165) is 136 Å². The number of benzene rings is 10. The molecule has 0 saturated heterocycles. The largest absolute Gasteiger partial charge is 0.497 e. The maximum atomic E-state index is 11.2. The number of rotatable bonds is 34. The Balaban J connectivity index is 0.000000854. The van der Waals surface area contributed by atoms with Crippen LogP contribution >= 0.6 is 14.9 Å². The molecule has 0 aliphatic carbocycles. The Hall–Kier alpha value is -18.2. The summed E-state index contributed by atoms with van der Waals surface area (Å²) in [6, 6.07) is 75.8. The predicted octanol–water partition coefficient (Wildman–Crippen LogP) is 27.1. The number of carbonyl (C=O) groups excluding carboxylic acids is 3. The number of allylic oxidation sites excluding steroid dienone is 24. The molecule has 30 nitrogen and oxygen atoms in total. The maximum Gasteiger partial charge on any atom is 0.340 e. The third-order valence-electron chi connectivity index (χ3n) is 18.6. The fourth-order valence-electron chi connectivity index (χ4n) is 11.5. The van der Waals surface area contributed by atoms with Gasteiger partial charge in [-0.05, 0) is 258 Å². The summed E-state index contributed by atoms with van der Waals surface area (Å²) in [5, 5.41) is 95.0. The van der Waals surface area contributed by atoms with Crippen LogP contribution in [0.15, 0.2) is 357 Å². The van der Waals surface area contributed by atoms with E-state index in [1.807, 2.05) is 227 Å². The highest BCUT2D eigenvalue weighted by Gasteiger charge is 2.15. The highest BCUT2D eigenvalue weighted by Crippen LogP contribution is 2.38. The average Bonchev–Trinajstić information content (AvgIpc) is 0.837. The van der Waals surface area contributed by atoms with Crippen LogP contribution in [0.4, 0.5) is 28.4 Å². The zero-order chi connectivity index (χ0) is 105. The summed E-state index contributed by atoms with van der Waals surface area (Å²) in [6.07, 6.45) is 38.0. The summed E-state index contributed by atoms with van der Waals surface area (Å²) in [7, 11) is 4.76. The van der Waals surface area contributed by atoms with E-state index in [4.69, 9.17) is 49.8 Å². The number of aliphatic hydroxyl groups excluding tert-OH is 1. The summed E-state index contributed by atoms with van der Waals surface area (Å²) in [5.41, 5.74) is 15.4. The molecular formula is C112H114N9O21P2+. The SMILES string of the molecule is C.C.C/C(=C\C#N)CP(C)(C)=O.CCO.COc1ccc(/C(=C\C#N)C[P+](C)=O)cc1.COc1ccc(C(=C\C#N)/C=C/c2ccc([N+](=O)[O-])cc2)cc1.COc1ccc(C(=C\C=C\C(C)=C\C#N)/C=C/c2ccc([N+](=O)[O-])cc2)cc1.COc1ccc(C(=C\C=C\C(C)=C\C=O)/C=C/c2ccc([N+](=O)[O-])cc2)cc1.COc1ccc(C(=C\C=O)/C=C/c2ccc([N+](=O)[O-])cc2)cc1.O=Cc1ccc([N+](=O)[O-])cc1. The van der Waals surface area contributed by atoms with Gasteiger partial charge in [0.25, 0.3) is 28.4 Å². The van der Waals surface area contributed by atoms with Crippen LogP contribution in [0.5, 0.6) is 28.7 Å². The first-order valence-electron chi connectivity index (χ1n) is 42.6. The van der Waals surface area contributed by atoms with Gasteiger partial charge in [-0.1, -0.05) is 171 Å². The van der Waals surface area contributed by atoms with Crippen molar-refractivity contribution in [2.45, 2.75) is 42.5 Å². The van der Waals surface area contributed by atoms with E-state index in [2.05, 4.69) is 0 Å². The Bertz CT molecular complexity index is 6550. The molecule has 0 fully saturated rings. The van der Waals surface area contributed by atoms with Gasteiger partial charge in [-0.2, -0.15) is 21.0 Å². The number of nitro benzene ring substituents is 5. The Labute approximate surface area is 840 Å². The number of ether oxygens (including phenoxy) is 5. The number of nitrogens with zero attached hydrogens (tertiary/aromatic N) is 9. The van der Waals surface area contributed by atoms with Crippen LogP contribution in [0.2, 0.25) is 0 Å². The molecule has 0 aliphatic rings. The summed E-state index contributed by atoms with van der Waals surface area (Å²) in [6.45, 7) is 12.6. The second-order valence-electron chi connectivity index (χ2n) is 29.6. The molecule has 0 saturated carbocycles. The molecule has 10 aromatic rings. The van der Waals surface area contributed by atoms with Gasteiger partial charge in [0, 0.05) is 109 Å². The molecule has 1 atom stereocenters. The number of hydrogen-bond acceptors (Lipinski definition) is 25. The molecule has 10 aromatic carbocycles. The first kappa shape index (κ1) is 124. The molecule has 10 rings (SSSR count). The molecule has 144 heavy (non-hydrogen) atoms. The van der Waals surface area contributed by atoms with Gasteiger partial charge < -0.3 is 33.4 Å². The first-order chi connectivity index (χ1) is 68.1. The van der Waals surface area contributed by atoms with E-state index in [0.29, 0.717) is 24.2 Å². The predicted molar refractivity (Wildman–Crippen MR) is 575 cm³/mol. The molecular weight excluding hydrogens is 1870 g/mol. The van der Waals surface area contributed by atoms with E-state index in [-0.39, 0.29) is 49.9 Å². The van der Waals surface area contributed by atoms with Crippen molar-refractivity contribution in [3.8, 4) is 53.0 Å². The lowest BCUT2D eigenvalue weighted by Crippen LogP contribution is -1.89. The highest BCUT2D eigenvalue weighted by atomic mass is 31.2. The van der Waals surface area contributed by atoms with Crippen molar-refractivity contribution >= 4 is 114 Å². The van der Waals surface area contributed by atoms with E-state index in [1.165, 1.54) is 109 Å². The maximum absolute atomic E-state index is 11.2. The quantitative estimate of drug-likeness (QED) is 0.00744. The molecule has 0 radical (unpaired) electrons. The van der Waals surface area contributed by atoms with Crippen LogP contribution in [-0.4, -0.2) is 123 Å². The fraction of sp³-hybridized carbons (Fsp3) is 0.152. The number of nitro groups is 5. The van der Waals surface area contributed by atoms with E-state index >= 15 is 0 Å². The van der Waals surface area contributed by atoms with Gasteiger partial charge in [-0.3, -0.25) is 65.0 Å². The van der Waals surface area contributed by atoms with E-state index in [9.17, 15) is 74.1 Å². The number of non-ortho nitro benzene ring substituents is 5. The Morgan fingerprint density at radius 2 is 0.611 bits per heavy atom. The third-order valence-corrected chi connectivity index (χ3v) is 20.6. The second-order valence-corrected chi connectivity index (χ2v) is 34.6. The van der Waals surface area contributed by atoms with Crippen LogP contribution in [0, 0.1) is 95.9 Å². The van der Waals surface area contributed by atoms with Crippen LogP contribution in [-0.2, 0) is 18.7 Å². The minimum Gasteiger partial charge on any atom is -0.497 e. The van der Waals surface area contributed by atoms with Gasteiger partial charge in [0.05, 0.1) is 91.6 Å². The second kappa shape index (κ2) is 70.4. The fourth-order valence-corrected chi connectivity index (χ4v) is 13.6. The van der Waals surface area contributed by atoms with Gasteiger partial charge >= 0.3 is 7.80 Å². The lowest BCUT2D eigenvalue weighted by atomic mass is 10.0. The smallest absolute Gasteiger partial charge is 0.340 e. The molecule has 742 valence electrons.